The van der Waals surface area contributed by atoms with Crippen molar-refractivity contribution in [1.29, 1.82) is 5.26 Å². The Labute approximate surface area is 228 Å². The minimum atomic E-state index is -0.843. The zero-order valence-electron chi connectivity index (χ0n) is 22.7. The summed E-state index contributed by atoms with van der Waals surface area (Å²) < 4.78 is 21.1. The minimum Gasteiger partial charge on any atom is -0.489 e. The van der Waals surface area contributed by atoms with Crippen molar-refractivity contribution >= 4 is 17.8 Å². The predicted octanol–water partition coefficient (Wildman–Crippen LogP) is 4.56. The topological polar surface area (TPSA) is 129 Å². The third-order valence-electron chi connectivity index (χ3n) is 10.0. The maximum absolute atomic E-state index is 15.0. The summed E-state index contributed by atoms with van der Waals surface area (Å²) in [6, 6.07) is 3.86. The summed E-state index contributed by atoms with van der Waals surface area (Å²) in [5.74, 6) is -2.15. The van der Waals surface area contributed by atoms with E-state index < -0.39 is 23.1 Å². The average molecular weight is 540 g/mol. The van der Waals surface area contributed by atoms with Gasteiger partial charge in [-0.25, -0.2) is 4.39 Å². The Balaban J connectivity index is 1.28. The highest BCUT2D eigenvalue weighted by molar-refractivity contribution is 5.96. The van der Waals surface area contributed by atoms with Crippen LogP contribution in [-0.2, 0) is 9.59 Å². The molecule has 0 radical (unpaired) electrons. The first-order valence-electron chi connectivity index (χ1n) is 14.2. The summed E-state index contributed by atoms with van der Waals surface area (Å²) in [7, 11) is 0. The first-order valence-corrected chi connectivity index (χ1v) is 14.2. The molecule has 0 heterocycles. The normalized spacial score (nSPS) is 32.5. The van der Waals surface area contributed by atoms with Gasteiger partial charge in [0.25, 0.3) is 5.91 Å². The minimum absolute atomic E-state index is 0.0164. The van der Waals surface area contributed by atoms with Crippen molar-refractivity contribution in [3.8, 4) is 11.8 Å². The van der Waals surface area contributed by atoms with Gasteiger partial charge in [0, 0.05) is 12.6 Å². The number of hydrogen-bond donors (Lipinski definition) is 3. The van der Waals surface area contributed by atoms with Crippen molar-refractivity contribution in [2.24, 2.45) is 28.6 Å². The van der Waals surface area contributed by atoms with Crippen LogP contribution in [0.1, 0.15) is 94.0 Å². The fourth-order valence-corrected chi connectivity index (χ4v) is 7.13. The molecule has 2 amide bonds. The van der Waals surface area contributed by atoms with E-state index in [1.165, 1.54) is 12.5 Å². The van der Waals surface area contributed by atoms with Gasteiger partial charge in [0.05, 0.1) is 28.6 Å². The number of halogens is 1. The van der Waals surface area contributed by atoms with Gasteiger partial charge >= 0.3 is 5.97 Å². The highest BCUT2D eigenvalue weighted by atomic mass is 19.1. The van der Waals surface area contributed by atoms with Gasteiger partial charge in [0.15, 0.2) is 0 Å². The monoisotopic (exact) mass is 539 g/mol. The predicted molar refractivity (Wildman–Crippen MR) is 140 cm³/mol. The molecule has 1 aromatic carbocycles. The highest BCUT2D eigenvalue weighted by Crippen LogP contribution is 2.49. The van der Waals surface area contributed by atoms with Crippen LogP contribution in [0.3, 0.4) is 0 Å². The molecule has 0 aliphatic heterocycles. The summed E-state index contributed by atoms with van der Waals surface area (Å²) >= 11 is 0. The van der Waals surface area contributed by atoms with Crippen LogP contribution in [0, 0.1) is 45.7 Å². The Morgan fingerprint density at radius 3 is 2.41 bits per heavy atom. The fraction of sp³-hybridized carbons (Fsp3) is 0.667. The summed E-state index contributed by atoms with van der Waals surface area (Å²) in [4.78, 5) is 38.1. The number of ether oxygens (including phenoxy) is 1. The van der Waals surface area contributed by atoms with Crippen LogP contribution in [0.2, 0.25) is 0 Å². The van der Waals surface area contributed by atoms with Gasteiger partial charge in [-0.15, -0.1) is 0 Å². The van der Waals surface area contributed by atoms with Crippen LogP contribution >= 0.6 is 0 Å². The van der Waals surface area contributed by atoms with Crippen molar-refractivity contribution in [2.45, 2.75) is 90.2 Å². The molecule has 210 valence electrons. The zero-order chi connectivity index (χ0) is 27.9. The van der Waals surface area contributed by atoms with E-state index in [2.05, 4.69) is 17.6 Å². The van der Waals surface area contributed by atoms with Crippen LogP contribution in [0.5, 0.6) is 5.75 Å². The molecule has 5 rings (SSSR count). The highest BCUT2D eigenvalue weighted by Gasteiger charge is 2.51. The van der Waals surface area contributed by atoms with Crippen molar-refractivity contribution < 1.29 is 28.6 Å². The number of nitrogens with zero attached hydrogens (tertiary/aromatic N) is 1. The Hall–Kier alpha value is -3.15. The molecule has 4 atom stereocenters. The Kier molecular flexibility index (Phi) is 7.34. The molecule has 8 nitrogen and oxygen atoms in total. The van der Waals surface area contributed by atoms with E-state index in [0.29, 0.717) is 32.2 Å². The van der Waals surface area contributed by atoms with Crippen LogP contribution in [0.25, 0.3) is 0 Å². The molecule has 4 saturated carbocycles. The molecular formula is C30H38FN3O5. The molecule has 0 aromatic heterocycles. The molecule has 3 N–H and O–H groups in total. The molecule has 39 heavy (non-hydrogen) atoms. The zero-order valence-corrected chi connectivity index (χ0v) is 22.7. The second-order valence-electron chi connectivity index (χ2n) is 12.9. The van der Waals surface area contributed by atoms with Crippen molar-refractivity contribution in [1.82, 2.24) is 10.6 Å². The van der Waals surface area contributed by atoms with Crippen molar-refractivity contribution in [3.05, 3.63) is 29.1 Å². The molecule has 0 saturated heterocycles. The summed E-state index contributed by atoms with van der Waals surface area (Å²) in [5.41, 5.74) is -0.903. The largest absolute Gasteiger partial charge is 0.489 e. The number of aliphatic carboxylic acids is 1. The van der Waals surface area contributed by atoms with E-state index >= 15 is 4.39 Å². The number of rotatable bonds is 8. The Morgan fingerprint density at radius 1 is 1.10 bits per heavy atom. The second kappa shape index (κ2) is 10.4. The first-order chi connectivity index (χ1) is 18.5. The van der Waals surface area contributed by atoms with Gasteiger partial charge in [0.1, 0.15) is 17.6 Å². The molecule has 9 heteroatoms. The maximum Gasteiger partial charge on any atom is 0.309 e. The summed E-state index contributed by atoms with van der Waals surface area (Å²) in [5, 5.41) is 25.1. The lowest BCUT2D eigenvalue weighted by molar-refractivity contribution is -0.150. The quantitative estimate of drug-likeness (QED) is 0.444. The number of fused-ring (bicyclic) bond motifs is 2. The lowest BCUT2D eigenvalue weighted by atomic mass is 9.70. The molecule has 4 aliphatic rings. The molecule has 2 unspecified atom stereocenters. The van der Waals surface area contributed by atoms with Crippen molar-refractivity contribution in [2.75, 3.05) is 6.54 Å². The van der Waals surface area contributed by atoms with Gasteiger partial charge in [-0.05, 0) is 94.1 Å². The number of carboxylic acid groups (broad SMARTS) is 1. The summed E-state index contributed by atoms with van der Waals surface area (Å²) in [6.07, 6.45) is 7.63. The van der Waals surface area contributed by atoms with Crippen LogP contribution in [0.15, 0.2) is 12.1 Å². The number of nitriles is 1. The number of nitrogens with one attached hydrogen (secondary N) is 2. The average Bonchev–Trinajstić information content (AvgIpc) is 3.50. The lowest BCUT2D eigenvalue weighted by Gasteiger charge is -2.39. The van der Waals surface area contributed by atoms with Gasteiger partial charge < -0.3 is 20.5 Å². The van der Waals surface area contributed by atoms with E-state index in [1.54, 1.807) is 6.92 Å². The van der Waals surface area contributed by atoms with Crippen LogP contribution in [0.4, 0.5) is 4.39 Å². The van der Waals surface area contributed by atoms with E-state index in [-0.39, 0.29) is 58.1 Å². The van der Waals surface area contributed by atoms with Gasteiger partial charge in [-0.2, -0.15) is 5.26 Å². The molecule has 4 aliphatic carbocycles. The van der Waals surface area contributed by atoms with Crippen molar-refractivity contribution in [3.63, 3.8) is 0 Å². The Morgan fingerprint density at radius 2 is 1.79 bits per heavy atom. The number of carbonyl (C=O) groups excluding carboxylic acids is 2. The van der Waals surface area contributed by atoms with Crippen LogP contribution < -0.4 is 15.4 Å². The molecular weight excluding hydrogens is 501 g/mol. The number of benzene rings is 1. The summed E-state index contributed by atoms with van der Waals surface area (Å²) in [6.45, 7) is 4.53. The second-order valence-corrected chi connectivity index (χ2v) is 12.9. The third-order valence-corrected chi connectivity index (χ3v) is 10.0. The van der Waals surface area contributed by atoms with Gasteiger partial charge in [0.2, 0.25) is 5.91 Å². The van der Waals surface area contributed by atoms with Crippen LogP contribution in [-0.4, -0.2) is 41.6 Å². The SMILES string of the molecule is CC1(CNC(=O)[C@H]2C3CCC(C3)[C@H]2NC(=O)c2cc(OC3CCC(C)(C(=O)O)CC3)c(C#N)cc2F)CCC1. The standard InChI is InChI=1S/C30H38FN3O5/c1-29(8-3-9-29)16-33-27(36)24-17-4-5-18(12-17)25(24)34-26(35)21-14-23(19(15-32)13-22(21)31)39-20-6-10-30(2,11-7-20)28(37)38/h13-14,17-18,20,24-25H,3-12,16H2,1-2H3,(H,33,36)(H,34,35)(H,37,38)/t17?,18?,20?,24-,25+,30?/m0/s1. The van der Waals surface area contributed by atoms with Gasteiger partial charge in [-0.3, -0.25) is 14.4 Å². The number of hydrogen-bond acceptors (Lipinski definition) is 5. The third kappa shape index (κ3) is 5.35. The molecule has 2 bridgehead atoms. The molecule has 1 aromatic rings. The molecule has 4 fully saturated rings. The number of amides is 2. The van der Waals surface area contributed by atoms with E-state index in [4.69, 9.17) is 4.74 Å². The Bertz CT molecular complexity index is 1200. The number of carbonyl (C=O) groups is 3. The fourth-order valence-electron chi connectivity index (χ4n) is 7.13. The first kappa shape index (κ1) is 27.4. The molecule has 0 spiro atoms. The smallest absolute Gasteiger partial charge is 0.309 e. The van der Waals surface area contributed by atoms with E-state index in [1.807, 2.05) is 6.07 Å². The van der Waals surface area contributed by atoms with Gasteiger partial charge in [-0.1, -0.05) is 13.3 Å². The maximum atomic E-state index is 15.0. The van der Waals surface area contributed by atoms with E-state index in [0.717, 1.165) is 38.2 Å². The number of carboxylic acids is 1. The van der Waals surface area contributed by atoms with E-state index in [9.17, 15) is 24.8 Å². The lowest BCUT2D eigenvalue weighted by Crippen LogP contribution is -2.51.